The Morgan fingerprint density at radius 1 is 1.00 bits per heavy atom. The number of rotatable bonds is 8. The minimum Gasteiger partial charge on any atom is -0.372 e. The zero-order valence-corrected chi connectivity index (χ0v) is 23.3. The van der Waals surface area contributed by atoms with Crippen LogP contribution in [0, 0.1) is 6.92 Å². The fraction of sp³-hybridized carbons (Fsp3) is 0.267. The van der Waals surface area contributed by atoms with Crippen LogP contribution in [0.2, 0.25) is 0 Å². The fourth-order valence-corrected chi connectivity index (χ4v) is 4.39. The maximum absolute atomic E-state index is 12.4. The lowest BCUT2D eigenvalue weighted by Crippen LogP contribution is -2.33. The molecule has 2 N–H and O–H groups in total. The van der Waals surface area contributed by atoms with E-state index in [4.69, 9.17) is 12.2 Å². The highest BCUT2D eigenvalue weighted by atomic mass is 32.1. The van der Waals surface area contributed by atoms with Gasteiger partial charge in [0.1, 0.15) is 11.0 Å². The molecule has 4 aromatic rings. The van der Waals surface area contributed by atoms with Crippen LogP contribution in [-0.2, 0) is 4.79 Å². The van der Waals surface area contributed by atoms with E-state index in [0.29, 0.717) is 5.92 Å². The van der Waals surface area contributed by atoms with Gasteiger partial charge in [0.05, 0.1) is 5.69 Å². The third-order valence-electron chi connectivity index (χ3n) is 6.45. The molecule has 0 aliphatic carbocycles. The number of thiocarbonyl (C=S) groups is 1. The molecule has 0 saturated carbocycles. The zero-order valence-electron chi connectivity index (χ0n) is 22.5. The molecule has 0 spiro atoms. The van der Waals surface area contributed by atoms with E-state index in [-0.39, 0.29) is 11.0 Å². The molecular formula is C30H34N6OS. The van der Waals surface area contributed by atoms with Crippen LogP contribution in [0.25, 0.3) is 22.8 Å². The molecule has 1 heterocycles. The molecule has 0 fully saturated rings. The molecule has 0 radical (unpaired) electrons. The molecule has 3 aromatic carbocycles. The van der Waals surface area contributed by atoms with Crippen LogP contribution < -0.4 is 15.5 Å². The van der Waals surface area contributed by atoms with Crippen molar-refractivity contribution in [1.29, 1.82) is 0 Å². The van der Waals surface area contributed by atoms with Crippen LogP contribution in [0.1, 0.15) is 50.3 Å². The summed E-state index contributed by atoms with van der Waals surface area (Å²) in [5.74, 6) is 0.171. The predicted molar refractivity (Wildman–Crippen MR) is 161 cm³/mol. The number of hydrogen-bond donors (Lipinski definition) is 2. The Labute approximate surface area is 229 Å². The highest BCUT2D eigenvalue weighted by molar-refractivity contribution is 7.80. The van der Waals surface area contributed by atoms with Gasteiger partial charge < -0.3 is 10.2 Å². The molecule has 1 aromatic heterocycles. The van der Waals surface area contributed by atoms with Crippen molar-refractivity contribution in [2.75, 3.05) is 23.3 Å². The van der Waals surface area contributed by atoms with E-state index in [1.807, 2.05) is 43.3 Å². The van der Waals surface area contributed by atoms with E-state index in [1.165, 1.54) is 17.3 Å². The second kappa shape index (κ2) is 12.0. The van der Waals surface area contributed by atoms with Gasteiger partial charge in [0.25, 0.3) is 0 Å². The minimum absolute atomic E-state index is 0.219. The molecule has 38 heavy (non-hydrogen) atoms. The van der Waals surface area contributed by atoms with E-state index in [1.54, 1.807) is 10.9 Å². The maximum atomic E-state index is 12.4. The molecule has 4 rings (SSSR count). The summed E-state index contributed by atoms with van der Waals surface area (Å²) in [5, 5.41) is 15.3. The summed E-state index contributed by atoms with van der Waals surface area (Å²) >= 11 is 5.38. The molecule has 0 aliphatic heterocycles. The zero-order chi connectivity index (χ0) is 27.2. The van der Waals surface area contributed by atoms with E-state index < -0.39 is 0 Å². The smallest absolute Gasteiger partial charge is 0.250 e. The quantitative estimate of drug-likeness (QED) is 0.210. The number of benzene rings is 3. The van der Waals surface area contributed by atoms with E-state index in [2.05, 4.69) is 77.7 Å². The Bertz CT molecular complexity index is 1450. The van der Waals surface area contributed by atoms with Crippen molar-refractivity contribution in [2.45, 2.75) is 40.5 Å². The molecular weight excluding hydrogens is 492 g/mol. The second-order valence-electron chi connectivity index (χ2n) is 9.43. The summed E-state index contributed by atoms with van der Waals surface area (Å²) in [6.45, 7) is 12.5. The topological polar surface area (TPSA) is 75.1 Å². The van der Waals surface area contributed by atoms with Crippen molar-refractivity contribution in [3.8, 4) is 5.69 Å². The number of fused-ring (bicyclic) bond motifs is 1. The SMILES string of the molecule is CCN(CC)c1ccc(-n2nc3cc(C)c(NC(=S)NC(=O)/C=C/c4ccc(C(C)C)cc4)cc3n2)cc1. The Morgan fingerprint density at radius 2 is 1.63 bits per heavy atom. The molecule has 0 bridgehead atoms. The lowest BCUT2D eigenvalue weighted by Gasteiger charge is -2.20. The van der Waals surface area contributed by atoms with Crippen molar-refractivity contribution >= 4 is 51.7 Å². The first-order valence-corrected chi connectivity index (χ1v) is 13.3. The van der Waals surface area contributed by atoms with Crippen LogP contribution in [-0.4, -0.2) is 39.1 Å². The third-order valence-corrected chi connectivity index (χ3v) is 6.66. The number of nitrogens with zero attached hydrogens (tertiary/aromatic N) is 4. The van der Waals surface area contributed by atoms with Gasteiger partial charge in [-0.3, -0.25) is 10.1 Å². The summed E-state index contributed by atoms with van der Waals surface area (Å²) < 4.78 is 0. The minimum atomic E-state index is -0.298. The summed E-state index contributed by atoms with van der Waals surface area (Å²) in [6.07, 6.45) is 3.25. The van der Waals surface area contributed by atoms with Gasteiger partial charge in [-0.05, 0) is 98.1 Å². The van der Waals surface area contributed by atoms with Gasteiger partial charge in [-0.25, -0.2) is 0 Å². The monoisotopic (exact) mass is 526 g/mol. The van der Waals surface area contributed by atoms with Gasteiger partial charge >= 0.3 is 0 Å². The summed E-state index contributed by atoms with van der Waals surface area (Å²) in [6, 6.07) is 20.2. The van der Waals surface area contributed by atoms with E-state index in [9.17, 15) is 4.79 Å². The molecule has 0 saturated heterocycles. The van der Waals surface area contributed by atoms with Crippen molar-refractivity contribution in [3.63, 3.8) is 0 Å². The van der Waals surface area contributed by atoms with Crippen LogP contribution in [0.3, 0.4) is 0 Å². The first kappa shape index (κ1) is 27.0. The standard InChI is InChI=1S/C30H34N6OS/c1-6-35(7-2)24-13-15-25(16-14-24)36-33-27-18-21(5)26(19-28(27)34-36)31-30(38)32-29(37)17-10-22-8-11-23(12-9-22)20(3)4/h8-20H,6-7H2,1-5H3,(H2,31,32,37,38)/b17-10+. The van der Waals surface area contributed by atoms with Gasteiger partial charge in [0, 0.05) is 30.5 Å². The normalized spacial score (nSPS) is 11.3. The fourth-order valence-electron chi connectivity index (χ4n) is 4.17. The summed E-state index contributed by atoms with van der Waals surface area (Å²) in [7, 11) is 0. The lowest BCUT2D eigenvalue weighted by molar-refractivity contribution is -0.115. The van der Waals surface area contributed by atoms with E-state index in [0.717, 1.165) is 46.6 Å². The van der Waals surface area contributed by atoms with Crippen LogP contribution in [0.4, 0.5) is 11.4 Å². The van der Waals surface area contributed by atoms with Crippen molar-refractivity contribution in [2.24, 2.45) is 0 Å². The average molecular weight is 527 g/mol. The number of nitrogens with one attached hydrogen (secondary N) is 2. The van der Waals surface area contributed by atoms with Crippen molar-refractivity contribution in [3.05, 3.63) is 83.4 Å². The number of hydrogen-bond acceptors (Lipinski definition) is 5. The molecule has 7 nitrogen and oxygen atoms in total. The molecule has 0 atom stereocenters. The number of aromatic nitrogens is 3. The number of carbonyl (C=O) groups is 1. The molecule has 0 unspecified atom stereocenters. The lowest BCUT2D eigenvalue weighted by atomic mass is 10.0. The first-order chi connectivity index (χ1) is 18.3. The first-order valence-electron chi connectivity index (χ1n) is 12.9. The molecule has 8 heteroatoms. The van der Waals surface area contributed by atoms with Gasteiger partial charge in [-0.2, -0.15) is 4.80 Å². The van der Waals surface area contributed by atoms with Gasteiger partial charge in [-0.15, -0.1) is 10.2 Å². The molecule has 0 aliphatic rings. The second-order valence-corrected chi connectivity index (χ2v) is 9.84. The molecule has 1 amide bonds. The predicted octanol–water partition coefficient (Wildman–Crippen LogP) is 6.22. The van der Waals surface area contributed by atoms with E-state index >= 15 is 0 Å². The van der Waals surface area contributed by atoms with Crippen LogP contribution in [0.15, 0.2) is 66.7 Å². The van der Waals surface area contributed by atoms with Gasteiger partial charge in [-0.1, -0.05) is 38.1 Å². The van der Waals surface area contributed by atoms with Crippen LogP contribution in [0.5, 0.6) is 0 Å². The Morgan fingerprint density at radius 3 is 2.24 bits per heavy atom. The number of aryl methyl sites for hydroxylation is 1. The summed E-state index contributed by atoms with van der Waals surface area (Å²) in [4.78, 5) is 16.3. The highest BCUT2D eigenvalue weighted by Gasteiger charge is 2.11. The Kier molecular flexibility index (Phi) is 8.53. The average Bonchev–Trinajstić information content (AvgIpc) is 3.31. The molecule has 196 valence electrons. The third kappa shape index (κ3) is 6.44. The maximum Gasteiger partial charge on any atom is 0.250 e. The largest absolute Gasteiger partial charge is 0.372 e. The van der Waals surface area contributed by atoms with Crippen molar-refractivity contribution in [1.82, 2.24) is 20.3 Å². The Balaban J connectivity index is 1.42. The number of amides is 1. The highest BCUT2D eigenvalue weighted by Crippen LogP contribution is 2.23. The Hall–Kier alpha value is -4.04. The van der Waals surface area contributed by atoms with Crippen LogP contribution >= 0.6 is 12.2 Å². The van der Waals surface area contributed by atoms with Crippen molar-refractivity contribution < 1.29 is 4.79 Å². The van der Waals surface area contributed by atoms with Gasteiger partial charge in [0.2, 0.25) is 5.91 Å². The summed E-state index contributed by atoms with van der Waals surface area (Å²) in [5.41, 5.74) is 7.49. The van der Waals surface area contributed by atoms with Gasteiger partial charge in [0.15, 0.2) is 5.11 Å². The number of anilines is 2. The number of carbonyl (C=O) groups excluding carboxylic acids is 1.